The van der Waals surface area contributed by atoms with Gasteiger partial charge in [-0.2, -0.15) is 5.10 Å². The lowest BCUT2D eigenvalue weighted by Crippen LogP contribution is -2.14. The monoisotopic (exact) mass is 276 g/mol. The van der Waals surface area contributed by atoms with E-state index in [2.05, 4.69) is 5.10 Å². The second-order valence-corrected chi connectivity index (χ2v) is 4.64. The summed E-state index contributed by atoms with van der Waals surface area (Å²) in [4.78, 5) is 0. The zero-order valence-electron chi connectivity index (χ0n) is 11.1. The lowest BCUT2D eigenvalue weighted by Gasteiger charge is -2.16. The lowest BCUT2D eigenvalue weighted by atomic mass is 10.1. The van der Waals surface area contributed by atoms with Gasteiger partial charge in [0.05, 0.1) is 42.3 Å². The van der Waals surface area contributed by atoms with E-state index in [0.717, 1.165) is 6.42 Å². The average Bonchev–Trinajstić information content (AvgIpc) is 2.74. The Morgan fingerprint density at radius 2 is 2.17 bits per heavy atom. The smallest absolute Gasteiger partial charge is 0.0972 e. The van der Waals surface area contributed by atoms with Crippen LogP contribution in [0.1, 0.15) is 31.6 Å². The second kappa shape index (κ2) is 7.74. The van der Waals surface area contributed by atoms with Crippen molar-refractivity contribution in [1.82, 2.24) is 9.78 Å². The van der Waals surface area contributed by atoms with Crippen LogP contribution in [0.2, 0.25) is 5.02 Å². The van der Waals surface area contributed by atoms with Gasteiger partial charge in [0.2, 0.25) is 0 Å². The Morgan fingerprint density at radius 3 is 2.78 bits per heavy atom. The van der Waals surface area contributed by atoms with E-state index >= 15 is 0 Å². The Kier molecular flexibility index (Phi) is 6.63. The maximum Gasteiger partial charge on any atom is 0.0972 e. The third-order valence-electron chi connectivity index (χ3n) is 2.91. The Balaban J connectivity index is 2.65. The molecule has 0 aromatic carbocycles. The number of nitrogens with zero attached hydrogens (tertiary/aromatic N) is 2. The molecule has 0 fully saturated rings. The molecule has 0 aliphatic rings. The van der Waals surface area contributed by atoms with E-state index in [1.807, 2.05) is 6.92 Å². The minimum atomic E-state index is -0.630. The van der Waals surface area contributed by atoms with E-state index in [9.17, 15) is 5.11 Å². The standard InChI is InChI=1S/C12H21ClN2O3/c1-9(18-3)4-5-11(16)12-10(13)8-14-15(12)6-7-17-2/h8-9,11,16H,4-7H2,1-3H3. The molecule has 5 nitrogen and oxygen atoms in total. The van der Waals surface area contributed by atoms with Crippen molar-refractivity contribution in [3.05, 3.63) is 16.9 Å². The molecular formula is C12H21ClN2O3. The van der Waals surface area contributed by atoms with Crippen molar-refractivity contribution >= 4 is 11.6 Å². The summed E-state index contributed by atoms with van der Waals surface area (Å²) in [6.07, 6.45) is 2.40. The number of aromatic nitrogens is 2. The molecule has 0 aliphatic heterocycles. The fourth-order valence-electron chi connectivity index (χ4n) is 1.71. The highest BCUT2D eigenvalue weighted by Gasteiger charge is 2.18. The summed E-state index contributed by atoms with van der Waals surface area (Å²) < 4.78 is 11.8. The van der Waals surface area contributed by atoms with Crippen molar-refractivity contribution in [2.24, 2.45) is 0 Å². The van der Waals surface area contributed by atoms with Gasteiger partial charge < -0.3 is 14.6 Å². The molecule has 0 radical (unpaired) electrons. The number of rotatable bonds is 8. The summed E-state index contributed by atoms with van der Waals surface area (Å²) in [6.45, 7) is 3.08. The van der Waals surface area contributed by atoms with Crippen molar-refractivity contribution in [2.75, 3.05) is 20.8 Å². The number of ether oxygens (including phenoxy) is 2. The molecule has 0 saturated carbocycles. The predicted octanol–water partition coefficient (Wildman–Crippen LogP) is 2.03. The highest BCUT2D eigenvalue weighted by molar-refractivity contribution is 6.31. The van der Waals surface area contributed by atoms with Crippen LogP contribution in [0, 0.1) is 0 Å². The lowest BCUT2D eigenvalue weighted by molar-refractivity contribution is 0.0816. The van der Waals surface area contributed by atoms with Gasteiger partial charge in [-0.15, -0.1) is 0 Å². The van der Waals surface area contributed by atoms with Crippen LogP contribution in [-0.2, 0) is 16.0 Å². The number of methoxy groups -OCH3 is 2. The van der Waals surface area contributed by atoms with E-state index in [-0.39, 0.29) is 6.10 Å². The minimum Gasteiger partial charge on any atom is -0.387 e. The van der Waals surface area contributed by atoms with E-state index < -0.39 is 6.10 Å². The summed E-state index contributed by atoms with van der Waals surface area (Å²) in [5.41, 5.74) is 0.650. The summed E-state index contributed by atoms with van der Waals surface area (Å²) in [5, 5.41) is 14.8. The van der Waals surface area contributed by atoms with Crippen LogP contribution in [0.25, 0.3) is 0 Å². The Bertz CT molecular complexity index is 357. The average molecular weight is 277 g/mol. The Hall–Kier alpha value is -0.620. The normalized spacial score (nSPS) is 14.7. The summed E-state index contributed by atoms with van der Waals surface area (Å²) in [5.74, 6) is 0. The molecule has 1 heterocycles. The number of aliphatic hydroxyl groups is 1. The third-order valence-corrected chi connectivity index (χ3v) is 3.20. The first-order valence-corrected chi connectivity index (χ1v) is 6.39. The molecular weight excluding hydrogens is 256 g/mol. The van der Waals surface area contributed by atoms with Crippen LogP contribution in [0.3, 0.4) is 0 Å². The van der Waals surface area contributed by atoms with Gasteiger partial charge in [-0.3, -0.25) is 4.68 Å². The van der Waals surface area contributed by atoms with E-state index in [1.165, 1.54) is 0 Å². The van der Waals surface area contributed by atoms with Gasteiger partial charge in [0.25, 0.3) is 0 Å². The molecule has 1 aromatic rings. The quantitative estimate of drug-likeness (QED) is 0.789. The number of hydrogen-bond acceptors (Lipinski definition) is 4. The zero-order chi connectivity index (χ0) is 13.5. The molecule has 0 amide bonds. The van der Waals surface area contributed by atoms with Crippen molar-refractivity contribution in [2.45, 2.75) is 38.5 Å². The maximum absolute atomic E-state index is 10.2. The molecule has 0 bridgehead atoms. The zero-order valence-corrected chi connectivity index (χ0v) is 11.9. The molecule has 104 valence electrons. The highest BCUT2D eigenvalue weighted by Crippen LogP contribution is 2.26. The largest absolute Gasteiger partial charge is 0.387 e. The van der Waals surface area contributed by atoms with Gasteiger partial charge in [-0.1, -0.05) is 11.6 Å². The molecule has 0 aliphatic carbocycles. The van der Waals surface area contributed by atoms with E-state index in [4.69, 9.17) is 21.1 Å². The second-order valence-electron chi connectivity index (χ2n) is 4.23. The van der Waals surface area contributed by atoms with Gasteiger partial charge in [-0.25, -0.2) is 0 Å². The number of hydrogen-bond donors (Lipinski definition) is 1. The first kappa shape index (κ1) is 15.4. The van der Waals surface area contributed by atoms with Crippen LogP contribution in [0.4, 0.5) is 0 Å². The van der Waals surface area contributed by atoms with Gasteiger partial charge >= 0.3 is 0 Å². The van der Waals surface area contributed by atoms with Crippen molar-refractivity contribution in [1.29, 1.82) is 0 Å². The molecule has 2 atom stereocenters. The molecule has 1 rings (SSSR count). The van der Waals surface area contributed by atoms with Crippen LogP contribution in [0.15, 0.2) is 6.20 Å². The first-order chi connectivity index (χ1) is 8.60. The number of halogens is 1. The third kappa shape index (κ3) is 4.24. The minimum absolute atomic E-state index is 0.119. The van der Waals surface area contributed by atoms with Gasteiger partial charge in [0.15, 0.2) is 0 Å². The van der Waals surface area contributed by atoms with Crippen molar-refractivity contribution < 1.29 is 14.6 Å². The molecule has 1 aromatic heterocycles. The Labute approximate surface area is 113 Å². The molecule has 0 saturated heterocycles. The van der Waals surface area contributed by atoms with Crippen LogP contribution < -0.4 is 0 Å². The van der Waals surface area contributed by atoms with Crippen LogP contribution >= 0.6 is 11.6 Å². The summed E-state index contributed by atoms with van der Waals surface area (Å²) in [6, 6.07) is 0. The van der Waals surface area contributed by atoms with E-state index in [0.29, 0.717) is 30.3 Å². The molecule has 0 spiro atoms. The number of aliphatic hydroxyl groups excluding tert-OH is 1. The highest BCUT2D eigenvalue weighted by atomic mass is 35.5. The molecule has 18 heavy (non-hydrogen) atoms. The Morgan fingerprint density at radius 1 is 1.44 bits per heavy atom. The summed E-state index contributed by atoms with van der Waals surface area (Å²) >= 11 is 6.05. The predicted molar refractivity (Wildman–Crippen MR) is 69.8 cm³/mol. The first-order valence-electron chi connectivity index (χ1n) is 6.01. The fraction of sp³-hybridized carbons (Fsp3) is 0.750. The fourth-order valence-corrected chi connectivity index (χ4v) is 1.97. The molecule has 1 N–H and O–H groups in total. The van der Waals surface area contributed by atoms with Crippen molar-refractivity contribution in [3.63, 3.8) is 0 Å². The van der Waals surface area contributed by atoms with Crippen molar-refractivity contribution in [3.8, 4) is 0 Å². The summed E-state index contributed by atoms with van der Waals surface area (Å²) in [7, 11) is 3.29. The van der Waals surface area contributed by atoms with Gasteiger partial charge in [0.1, 0.15) is 0 Å². The van der Waals surface area contributed by atoms with E-state index in [1.54, 1.807) is 25.1 Å². The molecule has 6 heteroatoms. The van der Waals surface area contributed by atoms with Crippen LogP contribution in [0.5, 0.6) is 0 Å². The topological polar surface area (TPSA) is 56.5 Å². The molecule has 2 unspecified atom stereocenters. The van der Waals surface area contributed by atoms with Crippen LogP contribution in [-0.4, -0.2) is 41.8 Å². The van der Waals surface area contributed by atoms with Gasteiger partial charge in [-0.05, 0) is 19.8 Å². The maximum atomic E-state index is 10.2. The van der Waals surface area contributed by atoms with Gasteiger partial charge in [0, 0.05) is 14.2 Å². The SMILES string of the molecule is COCCn1ncc(Cl)c1C(O)CCC(C)OC.